The summed E-state index contributed by atoms with van der Waals surface area (Å²) in [5, 5.41) is 3.66. The molecule has 3 nitrogen and oxygen atoms in total. The molecule has 0 aliphatic heterocycles. The lowest BCUT2D eigenvalue weighted by Crippen LogP contribution is -2.35. The second kappa shape index (κ2) is 10.3. The lowest BCUT2D eigenvalue weighted by Gasteiger charge is -2.27. The lowest BCUT2D eigenvalue weighted by molar-refractivity contribution is 0.113. The molecular weight excluding hydrogens is 328 g/mol. The zero-order valence-corrected chi connectivity index (χ0v) is 15.3. The van der Waals surface area contributed by atoms with E-state index in [1.165, 1.54) is 5.56 Å². The van der Waals surface area contributed by atoms with Gasteiger partial charge in [-0.25, -0.2) is 0 Å². The highest BCUT2D eigenvalue weighted by atomic mass is 79.9. The van der Waals surface area contributed by atoms with Crippen LogP contribution in [0.4, 0.5) is 0 Å². The van der Waals surface area contributed by atoms with E-state index in [0.717, 1.165) is 37.0 Å². The molecule has 0 amide bonds. The number of likely N-dealkylation sites (N-methyl/N-ethyl adjacent to an activating group) is 1. The molecule has 0 saturated carbocycles. The van der Waals surface area contributed by atoms with E-state index >= 15 is 0 Å². The summed E-state index contributed by atoms with van der Waals surface area (Å²) in [6, 6.07) is 9.51. The predicted octanol–water partition coefficient (Wildman–Crippen LogP) is 3.85. The summed E-state index contributed by atoms with van der Waals surface area (Å²) in [6.45, 7) is 7.30. The van der Waals surface area contributed by atoms with Gasteiger partial charge in [0.2, 0.25) is 0 Å². The van der Waals surface area contributed by atoms with Gasteiger partial charge in [-0.1, -0.05) is 35.0 Å². The van der Waals surface area contributed by atoms with Crippen molar-refractivity contribution in [2.24, 2.45) is 0 Å². The second-order valence-corrected chi connectivity index (χ2v) is 6.55. The van der Waals surface area contributed by atoms with E-state index in [4.69, 9.17) is 4.74 Å². The summed E-state index contributed by atoms with van der Waals surface area (Å²) in [5.74, 6) is 0. The highest BCUT2D eigenvalue weighted by Crippen LogP contribution is 2.20. The maximum Gasteiger partial charge on any atom is 0.0615 e. The van der Waals surface area contributed by atoms with Crippen LogP contribution < -0.4 is 5.32 Å². The van der Waals surface area contributed by atoms with E-state index in [9.17, 15) is 0 Å². The number of nitrogens with one attached hydrogen (secondary N) is 1. The Balaban J connectivity index is 2.59. The monoisotopic (exact) mass is 356 g/mol. The van der Waals surface area contributed by atoms with Crippen molar-refractivity contribution in [2.75, 3.05) is 33.9 Å². The molecule has 0 spiro atoms. The first-order chi connectivity index (χ1) is 10.1. The van der Waals surface area contributed by atoms with Crippen LogP contribution >= 0.6 is 15.9 Å². The maximum atomic E-state index is 5.23. The van der Waals surface area contributed by atoms with E-state index < -0.39 is 0 Å². The van der Waals surface area contributed by atoms with Crippen molar-refractivity contribution in [2.45, 2.75) is 38.8 Å². The van der Waals surface area contributed by atoms with Gasteiger partial charge in [-0.05, 0) is 51.1 Å². The molecule has 2 unspecified atom stereocenters. The molecule has 120 valence electrons. The van der Waals surface area contributed by atoms with Crippen LogP contribution in [0.5, 0.6) is 0 Å². The van der Waals surface area contributed by atoms with Crippen molar-refractivity contribution in [3.63, 3.8) is 0 Å². The Kier molecular flexibility index (Phi) is 9.16. The van der Waals surface area contributed by atoms with E-state index in [-0.39, 0.29) is 0 Å². The van der Waals surface area contributed by atoms with Crippen LogP contribution in [0.2, 0.25) is 0 Å². The molecule has 4 heteroatoms. The number of hydrogen-bond donors (Lipinski definition) is 1. The Morgan fingerprint density at radius 1 is 1.29 bits per heavy atom. The summed E-state index contributed by atoms with van der Waals surface area (Å²) in [7, 11) is 3.93. The number of ether oxygens (including phenoxy) is 1. The predicted molar refractivity (Wildman–Crippen MR) is 93.8 cm³/mol. The Morgan fingerprint density at radius 3 is 2.52 bits per heavy atom. The maximum absolute atomic E-state index is 5.23. The fourth-order valence-electron chi connectivity index (χ4n) is 2.32. The average Bonchev–Trinajstić information content (AvgIpc) is 2.48. The molecule has 0 saturated heterocycles. The van der Waals surface area contributed by atoms with Crippen LogP contribution in [-0.4, -0.2) is 44.8 Å². The minimum Gasteiger partial charge on any atom is -0.383 e. The van der Waals surface area contributed by atoms with E-state index in [2.05, 4.69) is 71.3 Å². The molecule has 21 heavy (non-hydrogen) atoms. The summed E-state index contributed by atoms with van der Waals surface area (Å²) in [4.78, 5) is 2.36. The van der Waals surface area contributed by atoms with Gasteiger partial charge in [0.05, 0.1) is 6.61 Å². The molecular formula is C17H29BrN2O. The highest BCUT2D eigenvalue weighted by molar-refractivity contribution is 9.10. The molecule has 0 heterocycles. The van der Waals surface area contributed by atoms with Crippen LogP contribution in [0, 0.1) is 0 Å². The molecule has 1 aromatic carbocycles. The highest BCUT2D eigenvalue weighted by Gasteiger charge is 2.14. The SMILES string of the molecule is CCCNC(CCN(C)C(C)COC)c1ccc(Br)cc1. The molecule has 2 atom stereocenters. The van der Waals surface area contributed by atoms with E-state index in [0.29, 0.717) is 12.1 Å². The Bertz CT molecular complexity index is 383. The number of methoxy groups -OCH3 is 1. The third-order valence-electron chi connectivity index (χ3n) is 3.84. The van der Waals surface area contributed by atoms with Crippen molar-refractivity contribution in [1.29, 1.82) is 0 Å². The van der Waals surface area contributed by atoms with Crippen LogP contribution in [0.15, 0.2) is 28.7 Å². The first-order valence-electron chi connectivity index (χ1n) is 7.76. The fourth-order valence-corrected chi connectivity index (χ4v) is 2.59. The first kappa shape index (κ1) is 18.6. The van der Waals surface area contributed by atoms with Crippen LogP contribution in [0.3, 0.4) is 0 Å². The summed E-state index contributed by atoms with van der Waals surface area (Å²) in [5.41, 5.74) is 1.36. The number of halogens is 1. The van der Waals surface area contributed by atoms with E-state index in [1.54, 1.807) is 7.11 Å². The van der Waals surface area contributed by atoms with Gasteiger partial charge in [0.25, 0.3) is 0 Å². The van der Waals surface area contributed by atoms with Gasteiger partial charge in [-0.2, -0.15) is 0 Å². The van der Waals surface area contributed by atoms with Gasteiger partial charge < -0.3 is 15.0 Å². The van der Waals surface area contributed by atoms with Crippen molar-refractivity contribution in [3.8, 4) is 0 Å². The third kappa shape index (κ3) is 6.92. The van der Waals surface area contributed by atoms with Gasteiger partial charge in [-0.3, -0.25) is 0 Å². The Morgan fingerprint density at radius 2 is 1.95 bits per heavy atom. The summed E-state index contributed by atoms with van der Waals surface area (Å²) >= 11 is 3.50. The zero-order chi connectivity index (χ0) is 15.7. The number of benzene rings is 1. The van der Waals surface area contributed by atoms with Gasteiger partial charge >= 0.3 is 0 Å². The van der Waals surface area contributed by atoms with Crippen LogP contribution in [-0.2, 0) is 4.74 Å². The molecule has 1 rings (SSSR count). The number of hydrogen-bond acceptors (Lipinski definition) is 3. The van der Waals surface area contributed by atoms with Crippen molar-refractivity contribution >= 4 is 15.9 Å². The normalized spacial score (nSPS) is 14.4. The summed E-state index contributed by atoms with van der Waals surface area (Å²) < 4.78 is 6.36. The molecule has 0 aromatic heterocycles. The largest absolute Gasteiger partial charge is 0.383 e. The van der Waals surface area contributed by atoms with Gasteiger partial charge in [0.15, 0.2) is 0 Å². The van der Waals surface area contributed by atoms with Crippen LogP contribution in [0.25, 0.3) is 0 Å². The van der Waals surface area contributed by atoms with Crippen molar-refractivity contribution < 1.29 is 4.74 Å². The Labute approximate surface area is 138 Å². The lowest BCUT2D eigenvalue weighted by atomic mass is 10.0. The fraction of sp³-hybridized carbons (Fsp3) is 0.647. The standard InChI is InChI=1S/C17H29BrN2O/c1-5-11-19-17(15-6-8-16(18)9-7-15)10-12-20(3)14(2)13-21-4/h6-9,14,17,19H,5,10-13H2,1-4H3. The second-order valence-electron chi connectivity index (χ2n) is 5.63. The molecule has 1 N–H and O–H groups in total. The quantitative estimate of drug-likeness (QED) is 0.689. The van der Waals surface area contributed by atoms with E-state index in [1.807, 2.05) is 0 Å². The number of nitrogens with zero attached hydrogens (tertiary/aromatic N) is 1. The number of rotatable bonds is 10. The molecule has 0 aliphatic carbocycles. The average molecular weight is 357 g/mol. The van der Waals surface area contributed by atoms with Crippen molar-refractivity contribution in [1.82, 2.24) is 10.2 Å². The summed E-state index contributed by atoms with van der Waals surface area (Å²) in [6.07, 6.45) is 2.26. The molecule has 0 bridgehead atoms. The zero-order valence-electron chi connectivity index (χ0n) is 13.7. The molecule has 0 aliphatic rings. The topological polar surface area (TPSA) is 24.5 Å². The van der Waals surface area contributed by atoms with Gasteiger partial charge in [-0.15, -0.1) is 0 Å². The minimum absolute atomic E-state index is 0.412. The Hall–Kier alpha value is -0.420. The third-order valence-corrected chi connectivity index (χ3v) is 4.37. The van der Waals surface area contributed by atoms with Gasteiger partial charge in [0, 0.05) is 30.2 Å². The first-order valence-corrected chi connectivity index (χ1v) is 8.55. The van der Waals surface area contributed by atoms with Crippen molar-refractivity contribution in [3.05, 3.63) is 34.3 Å². The minimum atomic E-state index is 0.412. The molecule has 1 aromatic rings. The van der Waals surface area contributed by atoms with Crippen LogP contribution in [0.1, 0.15) is 38.3 Å². The van der Waals surface area contributed by atoms with Gasteiger partial charge in [0.1, 0.15) is 0 Å². The molecule has 0 fully saturated rings. The molecule has 0 radical (unpaired) electrons. The smallest absolute Gasteiger partial charge is 0.0615 e.